The number of piperazine rings is 1. The van der Waals surface area contributed by atoms with E-state index >= 15 is 0 Å². The fourth-order valence-corrected chi connectivity index (χ4v) is 4.36. The van der Waals surface area contributed by atoms with Crippen molar-refractivity contribution in [2.45, 2.75) is 19.9 Å². The van der Waals surface area contributed by atoms with Gasteiger partial charge in [0, 0.05) is 50.2 Å². The largest absolute Gasteiger partial charge is 0.493 e. The van der Waals surface area contributed by atoms with Crippen molar-refractivity contribution in [3.05, 3.63) is 70.9 Å². The molecular weight excluding hydrogens is 362 g/mol. The standard InChI is InChI=1S/C24H25N3O2/c1-17-14-21(20-4-2-3-5-22(20)25-17)24(28)27-11-9-26(10-12-27)16-18-6-7-23-19(15-18)8-13-29-23/h2-7,14-15H,8-13,16H2,1H3. The Morgan fingerprint density at radius 3 is 2.76 bits per heavy atom. The molecule has 2 aliphatic heterocycles. The van der Waals surface area contributed by atoms with Crippen molar-refractivity contribution < 1.29 is 9.53 Å². The van der Waals surface area contributed by atoms with E-state index in [0.717, 1.165) is 73.7 Å². The summed E-state index contributed by atoms with van der Waals surface area (Å²) in [5, 5.41) is 0.936. The summed E-state index contributed by atoms with van der Waals surface area (Å²) in [6.45, 7) is 6.95. The van der Waals surface area contributed by atoms with Crippen molar-refractivity contribution in [2.24, 2.45) is 0 Å². The Morgan fingerprint density at radius 2 is 1.90 bits per heavy atom. The predicted octanol–water partition coefficient (Wildman–Crippen LogP) is 3.44. The van der Waals surface area contributed by atoms with E-state index in [2.05, 4.69) is 28.1 Å². The van der Waals surface area contributed by atoms with Crippen molar-refractivity contribution in [3.63, 3.8) is 0 Å². The number of aryl methyl sites for hydroxylation is 1. The Morgan fingerprint density at radius 1 is 1.07 bits per heavy atom. The molecule has 0 radical (unpaired) electrons. The Kier molecular flexibility index (Phi) is 4.68. The van der Waals surface area contributed by atoms with Gasteiger partial charge in [-0.15, -0.1) is 0 Å². The minimum atomic E-state index is 0.112. The van der Waals surface area contributed by atoms with Gasteiger partial charge in [0.15, 0.2) is 0 Å². The quantitative estimate of drug-likeness (QED) is 0.691. The lowest BCUT2D eigenvalue weighted by molar-refractivity contribution is 0.0630. The number of fused-ring (bicyclic) bond motifs is 2. The molecule has 1 fully saturated rings. The van der Waals surface area contributed by atoms with Crippen molar-refractivity contribution in [1.82, 2.24) is 14.8 Å². The summed E-state index contributed by atoms with van der Waals surface area (Å²) in [6, 6.07) is 16.3. The first-order chi connectivity index (χ1) is 14.2. The number of ether oxygens (including phenoxy) is 1. The second-order valence-electron chi connectivity index (χ2n) is 7.94. The first-order valence-electron chi connectivity index (χ1n) is 10.3. The Labute approximate surface area is 170 Å². The summed E-state index contributed by atoms with van der Waals surface area (Å²) in [7, 11) is 0. The van der Waals surface area contributed by atoms with E-state index in [0.29, 0.717) is 0 Å². The third kappa shape index (κ3) is 3.58. The van der Waals surface area contributed by atoms with E-state index in [9.17, 15) is 4.79 Å². The maximum absolute atomic E-state index is 13.2. The Balaban J connectivity index is 1.27. The number of benzene rings is 2. The number of para-hydroxylation sites is 1. The number of hydrogen-bond acceptors (Lipinski definition) is 4. The van der Waals surface area contributed by atoms with Gasteiger partial charge in [0.2, 0.25) is 0 Å². The van der Waals surface area contributed by atoms with Gasteiger partial charge in [-0.25, -0.2) is 0 Å². The van der Waals surface area contributed by atoms with Crippen molar-refractivity contribution >= 4 is 16.8 Å². The van der Waals surface area contributed by atoms with E-state index in [-0.39, 0.29) is 5.91 Å². The van der Waals surface area contributed by atoms with Gasteiger partial charge in [-0.2, -0.15) is 0 Å². The lowest BCUT2D eigenvalue weighted by Gasteiger charge is -2.35. The molecule has 148 valence electrons. The molecule has 5 heteroatoms. The van der Waals surface area contributed by atoms with Crippen LogP contribution >= 0.6 is 0 Å². The number of hydrogen-bond donors (Lipinski definition) is 0. The Hall–Kier alpha value is -2.92. The molecule has 1 amide bonds. The molecule has 0 aliphatic carbocycles. The molecule has 2 aromatic carbocycles. The third-order valence-electron chi connectivity index (χ3n) is 5.89. The Bertz CT molecular complexity index is 1070. The molecule has 0 saturated carbocycles. The minimum absolute atomic E-state index is 0.112. The van der Waals surface area contributed by atoms with Crippen LogP contribution in [-0.2, 0) is 13.0 Å². The zero-order chi connectivity index (χ0) is 19.8. The summed E-state index contributed by atoms with van der Waals surface area (Å²) in [6.07, 6.45) is 1.00. The second kappa shape index (κ2) is 7.48. The first-order valence-corrected chi connectivity index (χ1v) is 10.3. The molecule has 3 aromatic rings. The predicted molar refractivity (Wildman–Crippen MR) is 113 cm³/mol. The molecule has 1 saturated heterocycles. The van der Waals surface area contributed by atoms with Crippen molar-refractivity contribution in [3.8, 4) is 5.75 Å². The number of pyridine rings is 1. The van der Waals surface area contributed by atoms with Crippen LogP contribution in [-0.4, -0.2) is 53.5 Å². The summed E-state index contributed by atoms with van der Waals surface area (Å²) < 4.78 is 5.60. The van der Waals surface area contributed by atoms with Crippen LogP contribution in [0.25, 0.3) is 10.9 Å². The van der Waals surface area contributed by atoms with Gasteiger partial charge in [-0.3, -0.25) is 14.7 Å². The maximum Gasteiger partial charge on any atom is 0.254 e. The van der Waals surface area contributed by atoms with E-state index in [1.165, 1.54) is 11.1 Å². The smallest absolute Gasteiger partial charge is 0.254 e. The highest BCUT2D eigenvalue weighted by Gasteiger charge is 2.24. The van der Waals surface area contributed by atoms with Crippen LogP contribution in [0.2, 0.25) is 0 Å². The highest BCUT2D eigenvalue weighted by Crippen LogP contribution is 2.26. The normalized spacial score (nSPS) is 16.7. The molecule has 2 aliphatic rings. The monoisotopic (exact) mass is 387 g/mol. The summed E-state index contributed by atoms with van der Waals surface area (Å²) in [5.41, 5.74) is 5.17. The molecule has 0 atom stereocenters. The van der Waals surface area contributed by atoms with Gasteiger partial charge in [0.05, 0.1) is 17.7 Å². The van der Waals surface area contributed by atoms with Gasteiger partial charge < -0.3 is 9.64 Å². The zero-order valence-electron chi connectivity index (χ0n) is 16.7. The first kappa shape index (κ1) is 18.1. The van der Waals surface area contributed by atoms with Crippen molar-refractivity contribution in [2.75, 3.05) is 32.8 Å². The summed E-state index contributed by atoms with van der Waals surface area (Å²) in [5.74, 6) is 1.14. The lowest BCUT2D eigenvalue weighted by Crippen LogP contribution is -2.48. The SMILES string of the molecule is Cc1cc(C(=O)N2CCN(Cc3ccc4c(c3)CCO4)CC2)c2ccccc2n1. The second-order valence-corrected chi connectivity index (χ2v) is 7.94. The topological polar surface area (TPSA) is 45.7 Å². The van der Waals surface area contributed by atoms with Crippen LogP contribution in [0.15, 0.2) is 48.5 Å². The average Bonchev–Trinajstić information content (AvgIpc) is 3.21. The molecule has 0 bridgehead atoms. The van der Waals surface area contributed by atoms with Crippen molar-refractivity contribution in [1.29, 1.82) is 0 Å². The number of nitrogens with zero attached hydrogens (tertiary/aromatic N) is 3. The molecule has 1 aromatic heterocycles. The zero-order valence-corrected chi connectivity index (χ0v) is 16.7. The molecule has 5 nitrogen and oxygen atoms in total. The minimum Gasteiger partial charge on any atom is -0.493 e. The van der Waals surface area contributed by atoms with Crippen LogP contribution in [0.5, 0.6) is 5.75 Å². The highest BCUT2D eigenvalue weighted by atomic mass is 16.5. The van der Waals surface area contributed by atoms with E-state index < -0.39 is 0 Å². The van der Waals surface area contributed by atoms with E-state index in [4.69, 9.17) is 4.74 Å². The van der Waals surface area contributed by atoms with Crippen LogP contribution < -0.4 is 4.74 Å². The molecule has 5 rings (SSSR count). The summed E-state index contributed by atoms with van der Waals surface area (Å²) >= 11 is 0. The number of aromatic nitrogens is 1. The number of amides is 1. The van der Waals surface area contributed by atoms with E-state index in [1.807, 2.05) is 42.2 Å². The van der Waals surface area contributed by atoms with Gasteiger partial charge in [-0.1, -0.05) is 30.3 Å². The maximum atomic E-state index is 13.2. The molecule has 29 heavy (non-hydrogen) atoms. The molecule has 0 spiro atoms. The van der Waals surface area contributed by atoms with E-state index in [1.54, 1.807) is 0 Å². The van der Waals surface area contributed by atoms with Crippen LogP contribution in [0.4, 0.5) is 0 Å². The van der Waals surface area contributed by atoms with Crippen LogP contribution in [0.3, 0.4) is 0 Å². The van der Waals surface area contributed by atoms with Gasteiger partial charge >= 0.3 is 0 Å². The molecule has 3 heterocycles. The lowest BCUT2D eigenvalue weighted by atomic mass is 10.1. The fraction of sp³-hybridized carbons (Fsp3) is 0.333. The average molecular weight is 387 g/mol. The third-order valence-corrected chi connectivity index (χ3v) is 5.89. The van der Waals surface area contributed by atoms with Gasteiger partial charge in [0.1, 0.15) is 5.75 Å². The van der Waals surface area contributed by atoms with Gasteiger partial charge in [-0.05, 0) is 36.2 Å². The number of carbonyl (C=O) groups is 1. The molecule has 0 unspecified atom stereocenters. The number of rotatable bonds is 3. The highest BCUT2D eigenvalue weighted by molar-refractivity contribution is 6.06. The fourth-order valence-electron chi connectivity index (χ4n) is 4.36. The van der Waals surface area contributed by atoms with Crippen LogP contribution in [0, 0.1) is 6.92 Å². The van der Waals surface area contributed by atoms with Crippen LogP contribution in [0.1, 0.15) is 27.2 Å². The summed E-state index contributed by atoms with van der Waals surface area (Å²) in [4.78, 5) is 22.2. The number of carbonyl (C=O) groups excluding carboxylic acids is 1. The molecular formula is C24H25N3O2. The molecule has 0 N–H and O–H groups in total. The van der Waals surface area contributed by atoms with Gasteiger partial charge in [0.25, 0.3) is 5.91 Å².